The maximum atomic E-state index is 12.4. The molecule has 0 atom stereocenters. The molecule has 142 valence electrons. The van der Waals surface area contributed by atoms with Crippen LogP contribution >= 0.6 is 0 Å². The molecule has 7 heteroatoms. The average molecular weight is 375 g/mol. The molecule has 3 heterocycles. The molecule has 0 spiro atoms. The molecule has 3 aromatic rings. The number of nitrogens with one attached hydrogen (secondary N) is 1. The Labute approximate surface area is 163 Å². The summed E-state index contributed by atoms with van der Waals surface area (Å²) in [6.45, 7) is 3.47. The molecule has 0 radical (unpaired) electrons. The Morgan fingerprint density at radius 2 is 2.04 bits per heavy atom. The molecule has 1 aromatic carbocycles. The van der Waals surface area contributed by atoms with Crippen LogP contribution in [-0.4, -0.2) is 34.5 Å². The monoisotopic (exact) mass is 375 g/mol. The topological polar surface area (TPSA) is 80.2 Å². The van der Waals surface area contributed by atoms with E-state index in [1.54, 1.807) is 19.4 Å². The van der Waals surface area contributed by atoms with E-state index in [0.717, 1.165) is 36.8 Å². The second-order valence-electron chi connectivity index (χ2n) is 6.68. The van der Waals surface area contributed by atoms with Gasteiger partial charge in [0, 0.05) is 18.8 Å². The van der Waals surface area contributed by atoms with Gasteiger partial charge in [0.1, 0.15) is 23.1 Å². The molecule has 0 bridgehead atoms. The maximum absolute atomic E-state index is 12.4. The standard InChI is InChI=1S/C21H21N5O2/c1-14-4-3-5-19(24-14)25-21(27)18-11-23-20(12-22-18)26-9-8-15-10-17(28-2)7-6-16(15)13-26/h3-7,10-12H,8-9,13H2,1-2H3,(H,24,25,27). The van der Waals surface area contributed by atoms with E-state index in [2.05, 4.69) is 37.3 Å². The number of methoxy groups -OCH3 is 1. The maximum Gasteiger partial charge on any atom is 0.277 e. The molecular weight excluding hydrogens is 354 g/mol. The third-order valence-electron chi connectivity index (χ3n) is 4.75. The number of hydrogen-bond donors (Lipinski definition) is 1. The zero-order valence-electron chi connectivity index (χ0n) is 15.8. The Morgan fingerprint density at radius 1 is 1.14 bits per heavy atom. The van der Waals surface area contributed by atoms with Crippen molar-refractivity contribution >= 4 is 17.5 Å². The van der Waals surface area contributed by atoms with Crippen molar-refractivity contribution in [1.82, 2.24) is 15.0 Å². The number of carbonyl (C=O) groups excluding carboxylic acids is 1. The van der Waals surface area contributed by atoms with E-state index >= 15 is 0 Å². The van der Waals surface area contributed by atoms with Crippen molar-refractivity contribution in [2.75, 3.05) is 23.9 Å². The fourth-order valence-corrected chi connectivity index (χ4v) is 3.25. The minimum Gasteiger partial charge on any atom is -0.497 e. The van der Waals surface area contributed by atoms with Crippen molar-refractivity contribution in [3.05, 3.63) is 71.3 Å². The van der Waals surface area contributed by atoms with Crippen LogP contribution in [0.2, 0.25) is 0 Å². The lowest BCUT2D eigenvalue weighted by Gasteiger charge is -2.29. The van der Waals surface area contributed by atoms with Gasteiger partial charge in [-0.3, -0.25) is 4.79 Å². The SMILES string of the molecule is COc1ccc2c(c1)CCN(c1cnc(C(=O)Nc3cccc(C)n3)cn1)C2. The first-order chi connectivity index (χ1) is 13.6. The third kappa shape index (κ3) is 3.78. The molecular formula is C21H21N5O2. The van der Waals surface area contributed by atoms with E-state index < -0.39 is 0 Å². The van der Waals surface area contributed by atoms with Gasteiger partial charge in [-0.1, -0.05) is 12.1 Å². The first-order valence-corrected chi connectivity index (χ1v) is 9.10. The first kappa shape index (κ1) is 17.9. The molecule has 1 amide bonds. The predicted molar refractivity (Wildman–Crippen MR) is 107 cm³/mol. The van der Waals surface area contributed by atoms with Gasteiger partial charge in [-0.15, -0.1) is 0 Å². The molecule has 0 fully saturated rings. The predicted octanol–water partition coefficient (Wildman–Crippen LogP) is 3.00. The summed E-state index contributed by atoms with van der Waals surface area (Å²) in [6, 6.07) is 11.6. The first-order valence-electron chi connectivity index (χ1n) is 9.10. The number of benzene rings is 1. The molecule has 4 rings (SSSR count). The van der Waals surface area contributed by atoms with Crippen LogP contribution in [0.15, 0.2) is 48.8 Å². The second kappa shape index (κ2) is 7.64. The van der Waals surface area contributed by atoms with E-state index in [4.69, 9.17) is 4.74 Å². The lowest BCUT2D eigenvalue weighted by molar-refractivity contribution is 0.102. The number of ether oxygens (including phenoxy) is 1. The van der Waals surface area contributed by atoms with E-state index in [-0.39, 0.29) is 11.6 Å². The number of aromatic nitrogens is 3. The number of hydrogen-bond acceptors (Lipinski definition) is 6. The van der Waals surface area contributed by atoms with Gasteiger partial charge in [0.2, 0.25) is 0 Å². The van der Waals surface area contributed by atoms with Crippen LogP contribution < -0.4 is 15.0 Å². The van der Waals surface area contributed by atoms with Crippen molar-refractivity contribution in [2.45, 2.75) is 19.9 Å². The summed E-state index contributed by atoms with van der Waals surface area (Å²) in [6.07, 6.45) is 4.06. The van der Waals surface area contributed by atoms with E-state index in [9.17, 15) is 4.79 Å². The van der Waals surface area contributed by atoms with Crippen LogP contribution in [0.1, 0.15) is 27.3 Å². The van der Waals surface area contributed by atoms with Gasteiger partial charge in [-0.2, -0.15) is 0 Å². The zero-order valence-corrected chi connectivity index (χ0v) is 15.8. The highest BCUT2D eigenvalue weighted by molar-refractivity contribution is 6.02. The van der Waals surface area contributed by atoms with Gasteiger partial charge >= 0.3 is 0 Å². The Morgan fingerprint density at radius 3 is 2.79 bits per heavy atom. The Hall–Kier alpha value is -3.48. The highest BCUT2D eigenvalue weighted by Gasteiger charge is 2.19. The van der Waals surface area contributed by atoms with Crippen LogP contribution in [0.4, 0.5) is 11.6 Å². The number of nitrogens with zero attached hydrogens (tertiary/aromatic N) is 4. The van der Waals surface area contributed by atoms with Crippen molar-refractivity contribution in [3.8, 4) is 5.75 Å². The quantitative estimate of drug-likeness (QED) is 0.755. The van der Waals surface area contributed by atoms with E-state index in [1.807, 2.05) is 25.1 Å². The van der Waals surface area contributed by atoms with Crippen molar-refractivity contribution in [1.29, 1.82) is 0 Å². The molecule has 28 heavy (non-hydrogen) atoms. The highest BCUT2D eigenvalue weighted by Crippen LogP contribution is 2.26. The van der Waals surface area contributed by atoms with Gasteiger partial charge in [0.05, 0.1) is 19.5 Å². The summed E-state index contributed by atoms with van der Waals surface area (Å²) in [7, 11) is 1.68. The number of carbonyl (C=O) groups is 1. The fraction of sp³-hybridized carbons (Fsp3) is 0.238. The van der Waals surface area contributed by atoms with Gasteiger partial charge in [0.15, 0.2) is 0 Å². The normalized spacial score (nSPS) is 13.0. The molecule has 2 aromatic heterocycles. The summed E-state index contributed by atoms with van der Waals surface area (Å²) in [5.74, 6) is 1.81. The summed E-state index contributed by atoms with van der Waals surface area (Å²) in [5.41, 5.74) is 3.64. The summed E-state index contributed by atoms with van der Waals surface area (Å²) >= 11 is 0. The Balaban J connectivity index is 1.45. The second-order valence-corrected chi connectivity index (χ2v) is 6.68. The largest absolute Gasteiger partial charge is 0.497 e. The molecule has 1 N–H and O–H groups in total. The number of anilines is 2. The van der Waals surface area contributed by atoms with Crippen LogP contribution in [0, 0.1) is 6.92 Å². The summed E-state index contributed by atoms with van der Waals surface area (Å²) in [4.78, 5) is 27.5. The van der Waals surface area contributed by atoms with Gasteiger partial charge < -0.3 is 15.0 Å². The summed E-state index contributed by atoms with van der Waals surface area (Å²) < 4.78 is 5.30. The molecule has 0 unspecified atom stereocenters. The fourth-order valence-electron chi connectivity index (χ4n) is 3.25. The van der Waals surface area contributed by atoms with Crippen LogP contribution in [-0.2, 0) is 13.0 Å². The third-order valence-corrected chi connectivity index (χ3v) is 4.75. The van der Waals surface area contributed by atoms with Gasteiger partial charge in [0.25, 0.3) is 5.91 Å². The van der Waals surface area contributed by atoms with E-state index in [0.29, 0.717) is 5.82 Å². The zero-order chi connectivity index (χ0) is 19.5. The van der Waals surface area contributed by atoms with Gasteiger partial charge in [-0.05, 0) is 48.7 Å². The van der Waals surface area contributed by atoms with Crippen molar-refractivity contribution in [3.63, 3.8) is 0 Å². The van der Waals surface area contributed by atoms with Crippen LogP contribution in [0.3, 0.4) is 0 Å². The number of aryl methyl sites for hydroxylation is 1. The Bertz CT molecular complexity index is 1000. The Kier molecular flexibility index (Phi) is 4.89. The van der Waals surface area contributed by atoms with Crippen molar-refractivity contribution < 1.29 is 9.53 Å². The minimum absolute atomic E-state index is 0.259. The molecule has 7 nitrogen and oxygen atoms in total. The molecule has 1 aliphatic rings. The molecule has 0 aliphatic carbocycles. The number of fused-ring (bicyclic) bond motifs is 1. The van der Waals surface area contributed by atoms with Crippen LogP contribution in [0.25, 0.3) is 0 Å². The molecule has 0 saturated carbocycles. The van der Waals surface area contributed by atoms with E-state index in [1.165, 1.54) is 17.3 Å². The average Bonchev–Trinajstić information content (AvgIpc) is 2.73. The number of rotatable bonds is 4. The lowest BCUT2D eigenvalue weighted by Crippen LogP contribution is -2.31. The number of pyridine rings is 1. The molecule has 1 aliphatic heterocycles. The lowest BCUT2D eigenvalue weighted by atomic mass is 9.99. The minimum atomic E-state index is -0.326. The summed E-state index contributed by atoms with van der Waals surface area (Å²) in [5, 5.41) is 2.74. The molecule has 0 saturated heterocycles. The van der Waals surface area contributed by atoms with Crippen LogP contribution in [0.5, 0.6) is 5.75 Å². The van der Waals surface area contributed by atoms with Gasteiger partial charge in [-0.25, -0.2) is 15.0 Å². The highest BCUT2D eigenvalue weighted by atomic mass is 16.5. The number of amides is 1. The smallest absolute Gasteiger partial charge is 0.277 e. The van der Waals surface area contributed by atoms with Crippen molar-refractivity contribution in [2.24, 2.45) is 0 Å².